The van der Waals surface area contributed by atoms with E-state index >= 15 is 0 Å². The molecule has 21 heavy (non-hydrogen) atoms. The molecule has 2 aliphatic heterocycles. The molecule has 1 aromatic heterocycles. The summed E-state index contributed by atoms with van der Waals surface area (Å²) in [6.45, 7) is 1.51. The van der Waals surface area contributed by atoms with Crippen molar-refractivity contribution in [2.24, 2.45) is 9.98 Å². The highest BCUT2D eigenvalue weighted by Crippen LogP contribution is 2.29. The molecule has 4 rings (SSSR count). The number of aliphatic imine (C=N–C) groups is 2. The summed E-state index contributed by atoms with van der Waals surface area (Å²) in [6.07, 6.45) is 4.68. The van der Waals surface area contributed by atoms with Gasteiger partial charge in [0.05, 0.1) is 24.1 Å². The second-order valence-electron chi connectivity index (χ2n) is 4.89. The molecule has 0 aliphatic carbocycles. The van der Waals surface area contributed by atoms with Gasteiger partial charge in [-0.1, -0.05) is 12.1 Å². The Balaban J connectivity index is 1.81. The van der Waals surface area contributed by atoms with E-state index in [1.54, 1.807) is 12.1 Å². The number of nitrogens with zero attached hydrogens (tertiary/aromatic N) is 3. The SMILES string of the molecule is O/C(=C\C1=Nc2ccccc2C2=NCCN12)c1ccoc1. The molecule has 1 N–H and O–H groups in total. The first-order chi connectivity index (χ1) is 10.3. The van der Waals surface area contributed by atoms with Gasteiger partial charge in [0, 0.05) is 18.2 Å². The van der Waals surface area contributed by atoms with Crippen LogP contribution in [-0.4, -0.2) is 34.8 Å². The Morgan fingerprint density at radius 2 is 2.19 bits per heavy atom. The van der Waals surface area contributed by atoms with Crippen LogP contribution in [0.1, 0.15) is 11.1 Å². The van der Waals surface area contributed by atoms with Gasteiger partial charge in [-0.05, 0) is 18.2 Å². The van der Waals surface area contributed by atoms with E-state index in [4.69, 9.17) is 4.42 Å². The van der Waals surface area contributed by atoms with E-state index in [9.17, 15) is 5.11 Å². The first-order valence-corrected chi connectivity index (χ1v) is 6.76. The zero-order valence-corrected chi connectivity index (χ0v) is 11.2. The third kappa shape index (κ3) is 1.94. The highest BCUT2D eigenvalue weighted by molar-refractivity contribution is 6.19. The minimum Gasteiger partial charge on any atom is -0.507 e. The predicted octanol–water partition coefficient (Wildman–Crippen LogP) is 2.98. The fourth-order valence-electron chi connectivity index (χ4n) is 2.57. The molecule has 1 aromatic carbocycles. The van der Waals surface area contributed by atoms with E-state index in [1.165, 1.54) is 12.5 Å². The van der Waals surface area contributed by atoms with Gasteiger partial charge in [-0.2, -0.15) is 0 Å². The summed E-state index contributed by atoms with van der Waals surface area (Å²) in [4.78, 5) is 11.2. The highest BCUT2D eigenvalue weighted by Gasteiger charge is 2.28. The van der Waals surface area contributed by atoms with Gasteiger partial charge in [0.25, 0.3) is 0 Å². The van der Waals surface area contributed by atoms with Gasteiger partial charge in [-0.3, -0.25) is 4.99 Å². The lowest BCUT2D eigenvalue weighted by molar-refractivity contribution is 0.507. The number of benzene rings is 1. The zero-order valence-electron chi connectivity index (χ0n) is 11.2. The number of hydrogen-bond donors (Lipinski definition) is 1. The molecule has 2 aliphatic rings. The maximum absolute atomic E-state index is 10.2. The van der Waals surface area contributed by atoms with E-state index in [0.29, 0.717) is 11.4 Å². The third-order valence-corrected chi connectivity index (χ3v) is 3.58. The molecule has 0 fully saturated rings. The average molecular weight is 279 g/mol. The number of aliphatic hydroxyl groups is 1. The predicted molar refractivity (Wildman–Crippen MR) is 81.0 cm³/mol. The van der Waals surface area contributed by atoms with Crippen LogP contribution in [0.4, 0.5) is 5.69 Å². The first-order valence-electron chi connectivity index (χ1n) is 6.76. The Bertz CT molecular complexity index is 773. The summed E-state index contributed by atoms with van der Waals surface area (Å²) in [5.74, 6) is 1.75. The second-order valence-corrected chi connectivity index (χ2v) is 4.89. The molecule has 0 bridgehead atoms. The van der Waals surface area contributed by atoms with Crippen molar-refractivity contribution in [1.29, 1.82) is 0 Å². The number of furan rings is 1. The number of amidine groups is 2. The molecule has 2 aromatic rings. The lowest BCUT2D eigenvalue weighted by atomic mass is 10.1. The maximum atomic E-state index is 10.2. The van der Waals surface area contributed by atoms with Crippen LogP contribution in [0.2, 0.25) is 0 Å². The number of hydrogen-bond acceptors (Lipinski definition) is 5. The first kappa shape index (κ1) is 12.0. The average Bonchev–Trinajstić information content (AvgIpc) is 3.19. The molecule has 0 saturated carbocycles. The van der Waals surface area contributed by atoms with Crippen LogP contribution in [0.15, 0.2) is 63.3 Å². The maximum Gasteiger partial charge on any atom is 0.138 e. The summed E-state index contributed by atoms with van der Waals surface area (Å²) in [5.41, 5.74) is 2.55. The van der Waals surface area contributed by atoms with Crippen molar-refractivity contribution < 1.29 is 9.52 Å². The summed E-state index contributed by atoms with van der Waals surface area (Å²) in [5, 5.41) is 10.2. The number of para-hydroxylation sites is 1. The van der Waals surface area contributed by atoms with Gasteiger partial charge in [0.1, 0.15) is 23.7 Å². The van der Waals surface area contributed by atoms with Crippen molar-refractivity contribution >= 4 is 23.1 Å². The molecule has 5 nitrogen and oxygen atoms in total. The van der Waals surface area contributed by atoms with Crippen LogP contribution >= 0.6 is 0 Å². The van der Waals surface area contributed by atoms with Gasteiger partial charge in [0.2, 0.25) is 0 Å². The van der Waals surface area contributed by atoms with Crippen LogP contribution in [-0.2, 0) is 0 Å². The summed E-state index contributed by atoms with van der Waals surface area (Å²) < 4.78 is 4.99. The van der Waals surface area contributed by atoms with E-state index in [1.807, 2.05) is 29.2 Å². The summed E-state index contributed by atoms with van der Waals surface area (Å²) in [7, 11) is 0. The molecule has 5 heteroatoms. The zero-order chi connectivity index (χ0) is 14.2. The molecule has 104 valence electrons. The molecular formula is C16H13N3O2. The Morgan fingerprint density at radius 3 is 3.05 bits per heavy atom. The van der Waals surface area contributed by atoms with E-state index in [0.717, 1.165) is 30.2 Å². The topological polar surface area (TPSA) is 61.3 Å². The fraction of sp³-hybridized carbons (Fsp3) is 0.125. The van der Waals surface area contributed by atoms with Crippen molar-refractivity contribution in [1.82, 2.24) is 4.90 Å². The molecular weight excluding hydrogens is 266 g/mol. The van der Waals surface area contributed by atoms with Crippen LogP contribution < -0.4 is 0 Å². The molecule has 0 saturated heterocycles. The third-order valence-electron chi connectivity index (χ3n) is 3.58. The molecule has 3 heterocycles. The number of rotatable bonds is 2. The van der Waals surface area contributed by atoms with Crippen LogP contribution in [0.25, 0.3) is 5.76 Å². The van der Waals surface area contributed by atoms with Gasteiger partial charge >= 0.3 is 0 Å². The van der Waals surface area contributed by atoms with Crippen molar-refractivity contribution in [3.63, 3.8) is 0 Å². The molecule has 0 atom stereocenters. The minimum absolute atomic E-state index is 0.133. The smallest absolute Gasteiger partial charge is 0.138 e. The molecule has 0 unspecified atom stereocenters. The van der Waals surface area contributed by atoms with Gasteiger partial charge < -0.3 is 14.4 Å². The monoisotopic (exact) mass is 279 g/mol. The van der Waals surface area contributed by atoms with Gasteiger partial charge in [-0.25, -0.2) is 4.99 Å². The molecule has 0 amide bonds. The largest absolute Gasteiger partial charge is 0.507 e. The van der Waals surface area contributed by atoms with Crippen molar-refractivity contribution in [2.75, 3.05) is 13.1 Å². The normalized spacial score (nSPS) is 17.1. The Kier molecular flexibility index (Phi) is 2.64. The highest BCUT2D eigenvalue weighted by atomic mass is 16.3. The van der Waals surface area contributed by atoms with Gasteiger partial charge in [0.15, 0.2) is 0 Å². The van der Waals surface area contributed by atoms with Gasteiger partial charge in [-0.15, -0.1) is 0 Å². The van der Waals surface area contributed by atoms with Crippen LogP contribution in [0.3, 0.4) is 0 Å². The van der Waals surface area contributed by atoms with Crippen LogP contribution in [0.5, 0.6) is 0 Å². The minimum atomic E-state index is 0.133. The molecule has 0 spiro atoms. The van der Waals surface area contributed by atoms with E-state index < -0.39 is 0 Å². The summed E-state index contributed by atoms with van der Waals surface area (Å²) >= 11 is 0. The Hall–Kier alpha value is -2.82. The van der Waals surface area contributed by atoms with Crippen molar-refractivity contribution in [2.45, 2.75) is 0 Å². The van der Waals surface area contributed by atoms with E-state index in [2.05, 4.69) is 9.98 Å². The quantitative estimate of drug-likeness (QED) is 0.860. The fourth-order valence-corrected chi connectivity index (χ4v) is 2.57. The second kappa shape index (κ2) is 4.63. The van der Waals surface area contributed by atoms with Crippen LogP contribution in [0, 0.1) is 0 Å². The molecule has 0 radical (unpaired) electrons. The summed E-state index contributed by atoms with van der Waals surface area (Å²) in [6, 6.07) is 9.62. The lowest BCUT2D eigenvalue weighted by Crippen LogP contribution is -2.36. The number of aliphatic hydroxyl groups excluding tert-OH is 1. The van der Waals surface area contributed by atoms with Crippen molar-refractivity contribution in [3.8, 4) is 0 Å². The Morgan fingerprint density at radius 1 is 1.29 bits per heavy atom. The number of fused-ring (bicyclic) bond motifs is 3. The van der Waals surface area contributed by atoms with Crippen molar-refractivity contribution in [3.05, 3.63) is 60.1 Å². The lowest BCUT2D eigenvalue weighted by Gasteiger charge is -2.25. The Labute approximate surface area is 121 Å². The van der Waals surface area contributed by atoms with E-state index in [-0.39, 0.29) is 5.76 Å². The standard InChI is InChI=1S/C16H13N3O2/c20-14(11-5-8-21-10-11)9-15-18-13-4-2-1-3-12(13)16-17-6-7-19(15)16/h1-5,8-10,20H,6-7H2/b14-9-.